The Balaban J connectivity index is 1.48. The number of amides is 1. The van der Waals surface area contributed by atoms with Gasteiger partial charge >= 0.3 is 0 Å². The second kappa shape index (κ2) is 11.0. The Morgan fingerprint density at radius 2 is 1.87 bits per heavy atom. The summed E-state index contributed by atoms with van der Waals surface area (Å²) in [6.07, 6.45) is 3.03. The molecule has 1 atom stereocenters. The summed E-state index contributed by atoms with van der Waals surface area (Å²) < 4.78 is 0. The molecule has 200 valence electrons. The lowest BCUT2D eigenvalue weighted by Gasteiger charge is -2.38. The minimum atomic E-state index is -0.0125. The van der Waals surface area contributed by atoms with Crippen LogP contribution in [0.25, 0.3) is 10.8 Å². The number of carbonyl (C=O) groups excluding carboxylic acids is 1. The lowest BCUT2D eigenvalue weighted by atomic mass is 10.0. The first kappa shape index (κ1) is 26.0. The van der Waals surface area contributed by atoms with E-state index in [1.54, 1.807) is 0 Å². The van der Waals surface area contributed by atoms with E-state index in [9.17, 15) is 9.90 Å². The number of nitrogens with zero attached hydrogens (tertiary/aromatic N) is 6. The Morgan fingerprint density at radius 3 is 2.61 bits per heavy atom. The number of aromatic nitrogens is 2. The molecule has 1 saturated heterocycles. The zero-order chi connectivity index (χ0) is 26.8. The highest BCUT2D eigenvalue weighted by Crippen LogP contribution is 2.36. The van der Waals surface area contributed by atoms with Gasteiger partial charge in [-0.05, 0) is 44.0 Å². The Labute approximate surface area is 225 Å². The standard InChI is InChI=1S/C30H38N6O2/c1-5-29(38)34-12-14-35(15-13-34)30-25-10-11-36(27-18-23(37)17-22-8-6-7-9-24(22)27)20-26(25)31-28(32-30)16-21(2)19-33(3)4/h5-9,17-18,21,37H,1,10-16,19-20H2,2-4H3/t21-/m1/s1. The van der Waals surface area contributed by atoms with Gasteiger partial charge in [0.2, 0.25) is 5.91 Å². The second-order valence-corrected chi connectivity index (χ2v) is 10.8. The van der Waals surface area contributed by atoms with Crippen LogP contribution >= 0.6 is 0 Å². The van der Waals surface area contributed by atoms with Crippen LogP contribution in [0.5, 0.6) is 5.75 Å². The molecule has 1 aromatic heterocycles. The average molecular weight is 515 g/mol. The lowest BCUT2D eigenvalue weighted by molar-refractivity contribution is -0.126. The third-order valence-corrected chi connectivity index (χ3v) is 7.53. The molecule has 1 amide bonds. The van der Waals surface area contributed by atoms with Crippen molar-refractivity contribution in [2.45, 2.75) is 26.3 Å². The minimum Gasteiger partial charge on any atom is -0.508 e. The fourth-order valence-electron chi connectivity index (χ4n) is 5.82. The number of phenolic OH excluding ortho intramolecular Hbond substituents is 1. The van der Waals surface area contributed by atoms with Crippen molar-refractivity contribution in [2.24, 2.45) is 5.92 Å². The molecule has 3 heterocycles. The van der Waals surface area contributed by atoms with Crippen LogP contribution in [0.15, 0.2) is 49.1 Å². The number of anilines is 2. The van der Waals surface area contributed by atoms with Crippen LogP contribution in [-0.2, 0) is 24.2 Å². The van der Waals surface area contributed by atoms with E-state index < -0.39 is 0 Å². The molecule has 2 aliphatic heterocycles. The predicted molar refractivity (Wildman–Crippen MR) is 153 cm³/mol. The Kier molecular flexibility index (Phi) is 7.51. The number of fused-ring (bicyclic) bond motifs is 2. The largest absolute Gasteiger partial charge is 0.508 e. The van der Waals surface area contributed by atoms with Crippen LogP contribution in [-0.4, -0.2) is 84.1 Å². The molecule has 5 rings (SSSR count). The van der Waals surface area contributed by atoms with E-state index in [1.165, 1.54) is 11.6 Å². The third-order valence-electron chi connectivity index (χ3n) is 7.53. The number of aromatic hydroxyl groups is 1. The molecule has 0 spiro atoms. The molecule has 2 aromatic carbocycles. The average Bonchev–Trinajstić information content (AvgIpc) is 2.91. The molecule has 0 aliphatic carbocycles. The fraction of sp³-hybridized carbons (Fsp3) is 0.433. The Bertz CT molecular complexity index is 1330. The maximum atomic E-state index is 12.1. The van der Waals surface area contributed by atoms with Crippen LogP contribution in [0.4, 0.5) is 11.5 Å². The van der Waals surface area contributed by atoms with Crippen molar-refractivity contribution in [2.75, 3.05) is 63.2 Å². The normalized spacial score (nSPS) is 16.6. The van der Waals surface area contributed by atoms with Crippen LogP contribution in [0.1, 0.15) is 24.0 Å². The van der Waals surface area contributed by atoms with Crippen molar-refractivity contribution < 1.29 is 9.90 Å². The van der Waals surface area contributed by atoms with Gasteiger partial charge in [-0.2, -0.15) is 0 Å². The SMILES string of the molecule is C=CC(=O)N1CCN(c2nc(C[C@@H](C)CN(C)C)nc3c2CCN(c2cc(O)cc4ccccc24)C3)CC1. The summed E-state index contributed by atoms with van der Waals surface area (Å²) in [6, 6.07) is 11.9. The molecule has 0 bridgehead atoms. The topological polar surface area (TPSA) is 76.0 Å². The summed E-state index contributed by atoms with van der Waals surface area (Å²) in [7, 11) is 4.19. The van der Waals surface area contributed by atoms with Gasteiger partial charge in [-0.25, -0.2) is 9.97 Å². The van der Waals surface area contributed by atoms with Crippen molar-refractivity contribution in [3.05, 3.63) is 66.1 Å². The zero-order valence-electron chi connectivity index (χ0n) is 22.7. The molecule has 38 heavy (non-hydrogen) atoms. The molecule has 0 saturated carbocycles. The summed E-state index contributed by atoms with van der Waals surface area (Å²) >= 11 is 0. The predicted octanol–water partition coefficient (Wildman–Crippen LogP) is 3.47. The molecular weight excluding hydrogens is 476 g/mol. The van der Waals surface area contributed by atoms with Gasteiger partial charge in [0, 0.05) is 68.4 Å². The van der Waals surface area contributed by atoms with E-state index >= 15 is 0 Å². The lowest BCUT2D eigenvalue weighted by Crippen LogP contribution is -2.49. The first-order chi connectivity index (χ1) is 18.3. The number of phenols is 1. The summed E-state index contributed by atoms with van der Waals surface area (Å²) in [6.45, 7) is 11.2. The molecule has 0 unspecified atom stereocenters. The van der Waals surface area contributed by atoms with Gasteiger partial charge < -0.3 is 24.7 Å². The minimum absolute atomic E-state index is 0.0125. The van der Waals surface area contributed by atoms with E-state index in [4.69, 9.17) is 9.97 Å². The van der Waals surface area contributed by atoms with E-state index in [1.807, 2.05) is 35.2 Å². The number of hydrogen-bond acceptors (Lipinski definition) is 7. The number of hydrogen-bond donors (Lipinski definition) is 1. The van der Waals surface area contributed by atoms with Crippen molar-refractivity contribution in [3.8, 4) is 5.75 Å². The second-order valence-electron chi connectivity index (χ2n) is 10.8. The monoisotopic (exact) mass is 514 g/mol. The van der Waals surface area contributed by atoms with Crippen LogP contribution in [0.3, 0.4) is 0 Å². The van der Waals surface area contributed by atoms with E-state index in [-0.39, 0.29) is 11.7 Å². The van der Waals surface area contributed by atoms with Crippen LogP contribution < -0.4 is 9.80 Å². The molecule has 8 heteroatoms. The third kappa shape index (κ3) is 5.45. The highest BCUT2D eigenvalue weighted by atomic mass is 16.3. The summed E-state index contributed by atoms with van der Waals surface area (Å²) in [5.74, 6) is 2.58. The van der Waals surface area contributed by atoms with E-state index in [0.29, 0.717) is 25.6 Å². The number of piperazine rings is 1. The first-order valence-corrected chi connectivity index (χ1v) is 13.5. The van der Waals surface area contributed by atoms with Crippen molar-refractivity contribution in [1.82, 2.24) is 19.8 Å². The van der Waals surface area contributed by atoms with Gasteiger partial charge in [0.15, 0.2) is 0 Å². The van der Waals surface area contributed by atoms with Crippen LogP contribution in [0, 0.1) is 5.92 Å². The summed E-state index contributed by atoms with van der Waals surface area (Å²) in [4.78, 5) is 31.1. The quantitative estimate of drug-likeness (QED) is 0.484. The van der Waals surface area contributed by atoms with Crippen molar-refractivity contribution >= 4 is 28.2 Å². The smallest absolute Gasteiger partial charge is 0.246 e. The fourth-order valence-corrected chi connectivity index (χ4v) is 5.82. The first-order valence-electron chi connectivity index (χ1n) is 13.5. The molecule has 1 N–H and O–H groups in total. The van der Waals surface area contributed by atoms with Crippen molar-refractivity contribution in [1.29, 1.82) is 0 Å². The number of rotatable bonds is 7. The summed E-state index contributed by atoms with van der Waals surface area (Å²) in [5, 5.41) is 12.6. The van der Waals surface area contributed by atoms with E-state index in [0.717, 1.165) is 72.8 Å². The van der Waals surface area contributed by atoms with Gasteiger partial charge in [0.05, 0.1) is 12.2 Å². The highest BCUT2D eigenvalue weighted by molar-refractivity contribution is 5.95. The highest BCUT2D eigenvalue weighted by Gasteiger charge is 2.29. The Morgan fingerprint density at radius 1 is 1.11 bits per heavy atom. The number of carbonyl (C=O) groups is 1. The number of benzene rings is 2. The van der Waals surface area contributed by atoms with Gasteiger partial charge in [-0.3, -0.25) is 4.79 Å². The molecule has 0 radical (unpaired) electrons. The molecular formula is C30H38N6O2. The summed E-state index contributed by atoms with van der Waals surface area (Å²) in [5.41, 5.74) is 3.30. The van der Waals surface area contributed by atoms with Gasteiger partial charge in [-0.15, -0.1) is 0 Å². The van der Waals surface area contributed by atoms with Crippen molar-refractivity contribution in [3.63, 3.8) is 0 Å². The van der Waals surface area contributed by atoms with Gasteiger partial charge in [0.1, 0.15) is 17.4 Å². The zero-order valence-corrected chi connectivity index (χ0v) is 22.7. The van der Waals surface area contributed by atoms with Gasteiger partial charge in [0.25, 0.3) is 0 Å². The maximum Gasteiger partial charge on any atom is 0.246 e. The maximum absolute atomic E-state index is 12.1. The van der Waals surface area contributed by atoms with Gasteiger partial charge in [-0.1, -0.05) is 37.8 Å². The van der Waals surface area contributed by atoms with Crippen LogP contribution in [0.2, 0.25) is 0 Å². The Hall–Kier alpha value is -3.65. The molecule has 8 nitrogen and oxygen atoms in total. The molecule has 2 aliphatic rings. The molecule has 1 fully saturated rings. The van der Waals surface area contributed by atoms with E-state index in [2.05, 4.69) is 48.4 Å². The molecule has 3 aromatic rings.